The fourth-order valence-electron chi connectivity index (χ4n) is 2.96. The number of hydrogen-bond acceptors (Lipinski definition) is 0. The molecule has 0 amide bonds. The second-order valence-electron chi connectivity index (χ2n) is 4.53. The Labute approximate surface area is 96.9 Å². The Hall–Kier alpha value is -1.56. The molecule has 2 aromatic carbocycles. The van der Waals surface area contributed by atoms with Crippen LogP contribution in [0.2, 0.25) is 0 Å². The van der Waals surface area contributed by atoms with E-state index < -0.39 is 0 Å². The quantitative estimate of drug-likeness (QED) is 0.689. The molecule has 0 saturated carbocycles. The highest BCUT2D eigenvalue weighted by atomic mass is 14.4. The van der Waals surface area contributed by atoms with Gasteiger partial charge >= 0.3 is 0 Å². The van der Waals surface area contributed by atoms with Crippen molar-refractivity contribution in [3.05, 3.63) is 71.3 Å². The molecule has 3 rings (SSSR count). The molecule has 0 aliphatic heterocycles. The monoisotopic (exact) mass is 208 g/mol. The fourth-order valence-corrected chi connectivity index (χ4v) is 2.96. The molecule has 0 saturated heterocycles. The molecule has 1 aliphatic carbocycles. The zero-order chi connectivity index (χ0) is 11.0. The highest BCUT2D eigenvalue weighted by molar-refractivity contribution is 5.51. The predicted octanol–water partition coefficient (Wildman–Crippen LogP) is 4.33. The molecule has 2 atom stereocenters. The van der Waals surface area contributed by atoms with Crippen molar-refractivity contribution >= 4 is 0 Å². The van der Waals surface area contributed by atoms with Crippen LogP contribution >= 0.6 is 0 Å². The van der Waals surface area contributed by atoms with Gasteiger partial charge in [0.15, 0.2) is 0 Å². The smallest absolute Gasteiger partial charge is 0.0161 e. The largest absolute Gasteiger partial charge is 0.0648 e. The molecular weight excluding hydrogens is 192 g/mol. The van der Waals surface area contributed by atoms with Crippen molar-refractivity contribution in [2.24, 2.45) is 0 Å². The van der Waals surface area contributed by atoms with Crippen molar-refractivity contribution in [2.45, 2.75) is 25.2 Å². The van der Waals surface area contributed by atoms with Crippen LogP contribution in [0.5, 0.6) is 0 Å². The van der Waals surface area contributed by atoms with Crippen molar-refractivity contribution < 1.29 is 0 Å². The van der Waals surface area contributed by atoms with Crippen molar-refractivity contribution in [3.63, 3.8) is 0 Å². The summed E-state index contributed by atoms with van der Waals surface area (Å²) >= 11 is 0. The van der Waals surface area contributed by atoms with E-state index in [9.17, 15) is 0 Å². The Kier molecular flexibility index (Phi) is 2.28. The summed E-state index contributed by atoms with van der Waals surface area (Å²) in [6.07, 6.45) is 1.23. The molecule has 0 spiro atoms. The van der Waals surface area contributed by atoms with E-state index in [1.54, 1.807) is 5.56 Å². The molecule has 80 valence electrons. The van der Waals surface area contributed by atoms with E-state index in [4.69, 9.17) is 0 Å². The van der Waals surface area contributed by atoms with Gasteiger partial charge in [0.2, 0.25) is 0 Å². The Bertz CT molecular complexity index is 484. The summed E-state index contributed by atoms with van der Waals surface area (Å²) < 4.78 is 0. The van der Waals surface area contributed by atoms with E-state index in [1.807, 2.05) is 0 Å². The highest BCUT2D eigenvalue weighted by Gasteiger charge is 2.36. The zero-order valence-corrected chi connectivity index (χ0v) is 9.56. The maximum absolute atomic E-state index is 2.29. The average Bonchev–Trinajstić information content (AvgIpc) is 2.33. The Morgan fingerprint density at radius 3 is 2.12 bits per heavy atom. The topological polar surface area (TPSA) is 0 Å². The maximum atomic E-state index is 2.29. The van der Waals surface area contributed by atoms with E-state index in [1.165, 1.54) is 17.5 Å². The van der Waals surface area contributed by atoms with Crippen LogP contribution in [-0.4, -0.2) is 0 Å². The lowest BCUT2D eigenvalue weighted by molar-refractivity contribution is 0.514. The minimum Gasteiger partial charge on any atom is -0.0648 e. The molecule has 0 heteroatoms. The van der Waals surface area contributed by atoms with Crippen LogP contribution in [-0.2, 0) is 0 Å². The van der Waals surface area contributed by atoms with Crippen LogP contribution in [0.15, 0.2) is 54.6 Å². The van der Waals surface area contributed by atoms with Crippen molar-refractivity contribution in [2.75, 3.05) is 0 Å². The number of benzene rings is 2. The fraction of sp³-hybridized carbons (Fsp3) is 0.250. The molecule has 0 aromatic heterocycles. The van der Waals surface area contributed by atoms with Crippen LogP contribution in [0.1, 0.15) is 41.9 Å². The molecular formula is C16H16. The van der Waals surface area contributed by atoms with Crippen molar-refractivity contribution in [3.8, 4) is 0 Å². The normalized spacial score (nSPS) is 22.3. The van der Waals surface area contributed by atoms with Gasteiger partial charge in [-0.15, -0.1) is 0 Å². The first-order valence-corrected chi connectivity index (χ1v) is 6.05. The standard InChI is InChI=1S/C16H16/c1-2-13-14-10-6-7-11-15(14)16(13)12-8-4-3-5-9-12/h3-11,13,16H,2H2,1H3. The van der Waals surface area contributed by atoms with Gasteiger partial charge in [0.1, 0.15) is 0 Å². The number of hydrogen-bond donors (Lipinski definition) is 0. The molecule has 16 heavy (non-hydrogen) atoms. The summed E-state index contributed by atoms with van der Waals surface area (Å²) in [7, 11) is 0. The van der Waals surface area contributed by atoms with Crippen LogP contribution in [0.25, 0.3) is 0 Å². The molecule has 0 nitrogen and oxygen atoms in total. The minimum atomic E-state index is 0.627. The zero-order valence-electron chi connectivity index (χ0n) is 9.56. The maximum Gasteiger partial charge on any atom is 0.0161 e. The van der Waals surface area contributed by atoms with Crippen molar-refractivity contribution in [1.29, 1.82) is 0 Å². The van der Waals surface area contributed by atoms with Crippen LogP contribution < -0.4 is 0 Å². The molecule has 0 fully saturated rings. The lowest BCUT2D eigenvalue weighted by Crippen LogP contribution is -2.24. The van der Waals surface area contributed by atoms with E-state index in [-0.39, 0.29) is 0 Å². The molecule has 0 heterocycles. The summed E-state index contributed by atoms with van der Waals surface area (Å²) in [5.41, 5.74) is 4.55. The lowest BCUT2D eigenvalue weighted by atomic mass is 9.64. The molecule has 0 bridgehead atoms. The Morgan fingerprint density at radius 1 is 0.812 bits per heavy atom. The van der Waals surface area contributed by atoms with Crippen LogP contribution in [0.4, 0.5) is 0 Å². The van der Waals surface area contributed by atoms with Crippen LogP contribution in [0, 0.1) is 0 Å². The van der Waals surface area contributed by atoms with Gasteiger partial charge in [0.05, 0.1) is 0 Å². The van der Waals surface area contributed by atoms with Gasteiger partial charge in [-0.05, 0) is 29.0 Å². The van der Waals surface area contributed by atoms with Gasteiger partial charge in [0, 0.05) is 5.92 Å². The second-order valence-corrected chi connectivity index (χ2v) is 4.53. The summed E-state index contributed by atoms with van der Waals surface area (Å²) in [5, 5.41) is 0. The van der Waals surface area contributed by atoms with Crippen LogP contribution in [0.3, 0.4) is 0 Å². The highest BCUT2D eigenvalue weighted by Crippen LogP contribution is 2.51. The summed E-state index contributed by atoms with van der Waals surface area (Å²) in [6, 6.07) is 19.7. The minimum absolute atomic E-state index is 0.627. The van der Waals surface area contributed by atoms with E-state index in [2.05, 4.69) is 61.5 Å². The lowest BCUT2D eigenvalue weighted by Gasteiger charge is -2.39. The van der Waals surface area contributed by atoms with Gasteiger partial charge in [-0.2, -0.15) is 0 Å². The van der Waals surface area contributed by atoms with E-state index in [0.29, 0.717) is 5.92 Å². The van der Waals surface area contributed by atoms with Gasteiger partial charge < -0.3 is 0 Å². The summed E-state index contributed by atoms with van der Waals surface area (Å²) in [5.74, 6) is 1.35. The predicted molar refractivity (Wildman–Crippen MR) is 67.8 cm³/mol. The molecule has 2 unspecified atom stereocenters. The molecule has 1 aliphatic rings. The third kappa shape index (κ3) is 1.30. The molecule has 0 N–H and O–H groups in total. The number of rotatable bonds is 2. The second kappa shape index (κ2) is 3.79. The van der Waals surface area contributed by atoms with Gasteiger partial charge in [-0.3, -0.25) is 0 Å². The number of fused-ring (bicyclic) bond motifs is 1. The third-order valence-electron chi connectivity index (χ3n) is 3.73. The molecule has 0 radical (unpaired) electrons. The SMILES string of the molecule is CCC1c2ccccc2C1c1ccccc1. The first-order valence-electron chi connectivity index (χ1n) is 6.05. The average molecular weight is 208 g/mol. The third-order valence-corrected chi connectivity index (χ3v) is 3.73. The van der Waals surface area contributed by atoms with E-state index in [0.717, 1.165) is 5.92 Å². The summed E-state index contributed by atoms with van der Waals surface area (Å²) in [4.78, 5) is 0. The Balaban J connectivity index is 2.05. The van der Waals surface area contributed by atoms with Gasteiger partial charge in [0.25, 0.3) is 0 Å². The van der Waals surface area contributed by atoms with Gasteiger partial charge in [-0.1, -0.05) is 61.5 Å². The molecule has 2 aromatic rings. The van der Waals surface area contributed by atoms with Crippen molar-refractivity contribution in [1.82, 2.24) is 0 Å². The van der Waals surface area contributed by atoms with E-state index >= 15 is 0 Å². The first kappa shape index (κ1) is 9.65. The van der Waals surface area contributed by atoms with Gasteiger partial charge in [-0.25, -0.2) is 0 Å². The Morgan fingerprint density at radius 2 is 1.44 bits per heavy atom. The first-order chi connectivity index (χ1) is 7.92. The summed E-state index contributed by atoms with van der Waals surface area (Å²) in [6.45, 7) is 2.29.